The van der Waals surface area contributed by atoms with E-state index >= 15 is 0 Å². The fourth-order valence-corrected chi connectivity index (χ4v) is 6.01. The molecule has 0 saturated carbocycles. The van der Waals surface area contributed by atoms with Gasteiger partial charge in [0.2, 0.25) is 15.9 Å². The number of hydrogen-bond acceptors (Lipinski definition) is 6. The van der Waals surface area contributed by atoms with Crippen LogP contribution in [0.4, 0.5) is 5.69 Å². The molecule has 0 bridgehead atoms. The molecule has 0 radical (unpaired) electrons. The first-order valence-corrected chi connectivity index (χ1v) is 15.2. The topological polar surface area (TPSA) is 142 Å². The van der Waals surface area contributed by atoms with E-state index in [4.69, 9.17) is 5.14 Å². The molecule has 4 rings (SSSR count). The van der Waals surface area contributed by atoms with Crippen LogP contribution in [0.15, 0.2) is 89.8 Å². The SMILES string of the molecule is NS(=O)(=O)Nc1ccc(S(=O)(=O)NCCC(=O)N2CCN(C(c3ccccc3)c3ccccc3)CC2)cc1. The molecule has 4 N–H and O–H groups in total. The molecule has 38 heavy (non-hydrogen) atoms. The van der Waals surface area contributed by atoms with Gasteiger partial charge >= 0.3 is 0 Å². The Morgan fingerprint density at radius 3 is 1.82 bits per heavy atom. The predicted molar refractivity (Wildman–Crippen MR) is 146 cm³/mol. The summed E-state index contributed by atoms with van der Waals surface area (Å²) < 4.78 is 51.8. The third kappa shape index (κ3) is 7.39. The lowest BCUT2D eigenvalue weighted by atomic mass is 9.96. The van der Waals surface area contributed by atoms with E-state index in [2.05, 4.69) is 38.6 Å². The first-order valence-electron chi connectivity index (χ1n) is 12.1. The molecule has 202 valence electrons. The Kier molecular flexibility index (Phi) is 8.80. The third-order valence-electron chi connectivity index (χ3n) is 6.32. The monoisotopic (exact) mass is 557 g/mol. The number of piperazine rings is 1. The highest BCUT2D eigenvalue weighted by Gasteiger charge is 2.28. The maximum absolute atomic E-state index is 12.8. The van der Waals surface area contributed by atoms with Crippen molar-refractivity contribution in [2.24, 2.45) is 5.14 Å². The molecule has 1 amide bonds. The van der Waals surface area contributed by atoms with Gasteiger partial charge in [-0.1, -0.05) is 60.7 Å². The highest BCUT2D eigenvalue weighted by atomic mass is 32.2. The fraction of sp³-hybridized carbons (Fsp3) is 0.269. The minimum atomic E-state index is -3.96. The zero-order valence-corrected chi connectivity index (χ0v) is 22.4. The summed E-state index contributed by atoms with van der Waals surface area (Å²) in [5.41, 5.74) is 2.53. The number of amides is 1. The van der Waals surface area contributed by atoms with Crippen LogP contribution in [0.1, 0.15) is 23.6 Å². The van der Waals surface area contributed by atoms with Crippen LogP contribution in [-0.2, 0) is 25.0 Å². The van der Waals surface area contributed by atoms with Gasteiger partial charge in [0, 0.05) is 44.8 Å². The van der Waals surface area contributed by atoms with E-state index in [1.165, 1.54) is 35.4 Å². The molecule has 0 aromatic heterocycles. The van der Waals surface area contributed by atoms with Crippen LogP contribution in [0, 0.1) is 0 Å². The first kappa shape index (κ1) is 27.7. The molecular weight excluding hydrogens is 526 g/mol. The van der Waals surface area contributed by atoms with Crippen molar-refractivity contribution < 1.29 is 21.6 Å². The van der Waals surface area contributed by atoms with Gasteiger partial charge in [-0.05, 0) is 35.4 Å². The molecule has 1 saturated heterocycles. The number of benzene rings is 3. The molecular formula is C26H31N5O5S2. The number of hydrogen-bond donors (Lipinski definition) is 3. The first-order chi connectivity index (χ1) is 18.1. The van der Waals surface area contributed by atoms with Gasteiger partial charge in [-0.2, -0.15) is 8.42 Å². The number of sulfonamides is 1. The molecule has 1 aliphatic rings. The Morgan fingerprint density at radius 1 is 0.789 bits per heavy atom. The lowest BCUT2D eigenvalue weighted by molar-refractivity contribution is -0.133. The Labute approximate surface area is 223 Å². The van der Waals surface area contributed by atoms with E-state index in [9.17, 15) is 21.6 Å². The Hall–Kier alpha value is -3.29. The molecule has 0 aliphatic carbocycles. The van der Waals surface area contributed by atoms with E-state index in [1.807, 2.05) is 36.4 Å². The zero-order chi connectivity index (χ0) is 27.2. The Morgan fingerprint density at radius 2 is 1.32 bits per heavy atom. The summed E-state index contributed by atoms with van der Waals surface area (Å²) in [7, 11) is -7.82. The van der Waals surface area contributed by atoms with Crippen molar-refractivity contribution in [1.82, 2.24) is 14.5 Å². The quantitative estimate of drug-likeness (QED) is 0.348. The van der Waals surface area contributed by atoms with Crippen LogP contribution < -0.4 is 14.6 Å². The van der Waals surface area contributed by atoms with Crippen LogP contribution in [0.3, 0.4) is 0 Å². The summed E-state index contributed by atoms with van der Waals surface area (Å²) in [4.78, 5) is 16.9. The van der Waals surface area contributed by atoms with Crippen molar-refractivity contribution in [3.63, 3.8) is 0 Å². The fourth-order valence-electron chi connectivity index (χ4n) is 4.51. The Balaban J connectivity index is 1.30. The summed E-state index contributed by atoms with van der Waals surface area (Å²) in [6.07, 6.45) is 0.0328. The molecule has 0 unspecified atom stereocenters. The molecule has 1 heterocycles. The van der Waals surface area contributed by atoms with Gasteiger partial charge < -0.3 is 4.90 Å². The van der Waals surface area contributed by atoms with Gasteiger partial charge in [0.25, 0.3) is 10.2 Å². The van der Waals surface area contributed by atoms with Gasteiger partial charge in [-0.15, -0.1) is 0 Å². The van der Waals surface area contributed by atoms with Crippen LogP contribution in [0.25, 0.3) is 0 Å². The summed E-state index contributed by atoms with van der Waals surface area (Å²) in [5, 5.41) is 4.91. The molecule has 1 fully saturated rings. The van der Waals surface area contributed by atoms with Crippen molar-refractivity contribution >= 4 is 31.8 Å². The lowest BCUT2D eigenvalue weighted by Gasteiger charge is -2.40. The predicted octanol–water partition coefficient (Wildman–Crippen LogP) is 1.90. The highest BCUT2D eigenvalue weighted by molar-refractivity contribution is 7.90. The van der Waals surface area contributed by atoms with Crippen molar-refractivity contribution in [2.45, 2.75) is 17.4 Å². The molecule has 12 heteroatoms. The minimum Gasteiger partial charge on any atom is -0.340 e. The molecule has 0 spiro atoms. The van der Waals surface area contributed by atoms with Gasteiger partial charge in [-0.3, -0.25) is 14.4 Å². The number of anilines is 1. The van der Waals surface area contributed by atoms with Gasteiger partial charge in [-0.25, -0.2) is 18.3 Å². The van der Waals surface area contributed by atoms with Crippen LogP contribution in [-0.4, -0.2) is 65.3 Å². The van der Waals surface area contributed by atoms with Crippen molar-refractivity contribution in [3.05, 3.63) is 96.1 Å². The second kappa shape index (κ2) is 12.0. The summed E-state index contributed by atoms with van der Waals surface area (Å²) in [5.74, 6) is -0.115. The maximum atomic E-state index is 12.8. The van der Waals surface area contributed by atoms with Gasteiger partial charge in [0.05, 0.1) is 10.9 Å². The van der Waals surface area contributed by atoms with Crippen LogP contribution >= 0.6 is 0 Å². The highest BCUT2D eigenvalue weighted by Crippen LogP contribution is 2.29. The summed E-state index contributed by atoms with van der Waals surface area (Å²) in [6.45, 7) is 2.46. The average molecular weight is 558 g/mol. The third-order valence-corrected chi connectivity index (χ3v) is 8.32. The molecule has 3 aromatic rings. The number of nitrogens with two attached hydrogens (primary N) is 1. The summed E-state index contributed by atoms with van der Waals surface area (Å²) in [6, 6.07) is 25.8. The van der Waals surface area contributed by atoms with Gasteiger partial charge in [0.1, 0.15) is 0 Å². The van der Waals surface area contributed by atoms with E-state index in [0.717, 1.165) is 0 Å². The number of carbonyl (C=O) groups is 1. The summed E-state index contributed by atoms with van der Waals surface area (Å²) >= 11 is 0. The largest absolute Gasteiger partial charge is 0.340 e. The Bertz CT molecular complexity index is 1390. The molecule has 10 nitrogen and oxygen atoms in total. The van der Waals surface area contributed by atoms with Gasteiger partial charge in [0.15, 0.2) is 0 Å². The zero-order valence-electron chi connectivity index (χ0n) is 20.7. The second-order valence-electron chi connectivity index (χ2n) is 8.96. The lowest BCUT2D eigenvalue weighted by Crippen LogP contribution is -2.50. The minimum absolute atomic E-state index is 0.0328. The van der Waals surface area contributed by atoms with Crippen molar-refractivity contribution in [1.29, 1.82) is 0 Å². The number of nitrogens with zero attached hydrogens (tertiary/aromatic N) is 2. The second-order valence-corrected chi connectivity index (χ2v) is 12.0. The molecule has 0 atom stereocenters. The van der Waals surface area contributed by atoms with E-state index in [-0.39, 0.29) is 35.5 Å². The molecule has 1 aliphatic heterocycles. The van der Waals surface area contributed by atoms with Crippen LogP contribution in [0.5, 0.6) is 0 Å². The van der Waals surface area contributed by atoms with Crippen molar-refractivity contribution in [3.8, 4) is 0 Å². The number of rotatable bonds is 10. The van der Waals surface area contributed by atoms with E-state index in [1.54, 1.807) is 4.90 Å². The standard InChI is InChI=1S/C26H31N5O5S2/c27-38(35,36)29-23-11-13-24(14-12-23)37(33,34)28-16-15-25(32)30-17-19-31(20-18-30)26(21-7-3-1-4-8-21)22-9-5-2-6-10-22/h1-14,26,28-29H,15-20H2,(H2,27,35,36). The number of nitrogens with one attached hydrogen (secondary N) is 2. The molecule has 3 aromatic carbocycles. The van der Waals surface area contributed by atoms with Crippen molar-refractivity contribution in [2.75, 3.05) is 37.4 Å². The van der Waals surface area contributed by atoms with E-state index < -0.39 is 20.2 Å². The smallest absolute Gasteiger partial charge is 0.296 e. The maximum Gasteiger partial charge on any atom is 0.296 e. The average Bonchev–Trinajstić information content (AvgIpc) is 2.90. The van der Waals surface area contributed by atoms with Crippen LogP contribution in [0.2, 0.25) is 0 Å². The normalized spacial score (nSPS) is 14.9. The number of carbonyl (C=O) groups excluding carboxylic acids is 1. The van der Waals surface area contributed by atoms with E-state index in [0.29, 0.717) is 26.2 Å².